The third kappa shape index (κ3) is 4.42. The molecule has 6 nitrogen and oxygen atoms in total. The molecule has 0 unspecified atom stereocenters. The highest BCUT2D eigenvalue weighted by atomic mass is 32.2. The van der Waals surface area contributed by atoms with Gasteiger partial charge < -0.3 is 9.14 Å². The lowest BCUT2D eigenvalue weighted by Crippen LogP contribution is -2.25. The fraction of sp³-hybridized carbons (Fsp3) is 0.316. The number of sulfonamides is 1. The molecule has 0 spiro atoms. The minimum atomic E-state index is -3.52. The van der Waals surface area contributed by atoms with Crippen LogP contribution in [0.15, 0.2) is 59.8 Å². The number of aromatic nitrogens is 2. The molecule has 138 valence electrons. The number of fused-ring (bicyclic) bond motifs is 1. The Morgan fingerprint density at radius 2 is 1.92 bits per heavy atom. The molecule has 0 atom stereocenters. The molecule has 0 saturated heterocycles. The summed E-state index contributed by atoms with van der Waals surface area (Å²) in [7, 11) is -3.52. The lowest BCUT2D eigenvalue weighted by atomic mass is 10.3. The summed E-state index contributed by atoms with van der Waals surface area (Å²) in [4.78, 5) is 4.63. The molecule has 0 aliphatic carbocycles. The number of aryl methyl sites for hydroxylation is 1. The number of benzene rings is 1. The molecule has 0 bridgehead atoms. The van der Waals surface area contributed by atoms with Gasteiger partial charge in [-0.3, -0.25) is 0 Å². The normalized spacial score (nSPS) is 12.0. The number of ether oxygens (including phenoxy) is 1. The molecule has 1 aromatic carbocycles. The Hall–Kier alpha value is -2.38. The number of rotatable bonds is 8. The van der Waals surface area contributed by atoms with Gasteiger partial charge in [0.2, 0.25) is 10.0 Å². The Balaban J connectivity index is 1.55. The maximum atomic E-state index is 12.4. The summed E-state index contributed by atoms with van der Waals surface area (Å²) >= 11 is 0. The number of hydrogen-bond donors (Lipinski definition) is 1. The fourth-order valence-corrected chi connectivity index (χ4v) is 3.76. The van der Waals surface area contributed by atoms with Crippen LogP contribution in [0, 0.1) is 0 Å². The van der Waals surface area contributed by atoms with Gasteiger partial charge in [-0.25, -0.2) is 18.1 Å². The lowest BCUT2D eigenvalue weighted by Gasteiger charge is -2.11. The Morgan fingerprint density at radius 1 is 1.15 bits per heavy atom. The standard InChI is InChI=1S/C19H23N3O3S/c1-15(2)25-17-8-10-18(11-9-17)26(23,24)21-12-5-7-19-20-14-16-6-3-4-13-22(16)19/h3-4,6,8-11,13-15,21H,5,7,12H2,1-2H3. The summed E-state index contributed by atoms with van der Waals surface area (Å²) < 4.78 is 34.9. The van der Waals surface area contributed by atoms with E-state index in [1.54, 1.807) is 24.3 Å². The van der Waals surface area contributed by atoms with E-state index >= 15 is 0 Å². The van der Waals surface area contributed by atoms with Crippen molar-refractivity contribution >= 4 is 15.5 Å². The van der Waals surface area contributed by atoms with Gasteiger partial charge in [0.25, 0.3) is 0 Å². The van der Waals surface area contributed by atoms with Crippen LogP contribution >= 0.6 is 0 Å². The molecule has 7 heteroatoms. The van der Waals surface area contributed by atoms with Crippen molar-refractivity contribution in [3.05, 3.63) is 60.7 Å². The molecule has 1 N–H and O–H groups in total. The van der Waals surface area contributed by atoms with E-state index in [4.69, 9.17) is 4.74 Å². The van der Waals surface area contributed by atoms with Crippen molar-refractivity contribution in [1.82, 2.24) is 14.1 Å². The summed E-state index contributed by atoms with van der Waals surface area (Å²) in [5.41, 5.74) is 1.03. The highest BCUT2D eigenvalue weighted by Crippen LogP contribution is 2.17. The van der Waals surface area contributed by atoms with E-state index < -0.39 is 10.0 Å². The zero-order valence-corrected chi connectivity index (χ0v) is 15.7. The van der Waals surface area contributed by atoms with Gasteiger partial charge in [0, 0.05) is 19.2 Å². The first kappa shape index (κ1) is 18.4. The molecular formula is C19H23N3O3S. The Bertz CT molecular complexity index is 963. The van der Waals surface area contributed by atoms with Gasteiger partial charge >= 0.3 is 0 Å². The zero-order chi connectivity index (χ0) is 18.6. The van der Waals surface area contributed by atoms with Gasteiger partial charge in [0.05, 0.1) is 22.7 Å². The molecule has 3 rings (SSSR count). The van der Waals surface area contributed by atoms with Crippen LogP contribution in [0.1, 0.15) is 26.1 Å². The molecule has 0 amide bonds. The Kier molecular flexibility index (Phi) is 5.58. The third-order valence-electron chi connectivity index (χ3n) is 3.89. The molecule has 0 aliphatic heterocycles. The van der Waals surface area contributed by atoms with Crippen molar-refractivity contribution in [2.45, 2.75) is 37.7 Å². The molecule has 0 radical (unpaired) electrons. The number of imidazole rings is 1. The molecule has 3 aromatic rings. The number of nitrogens with zero attached hydrogens (tertiary/aromatic N) is 2. The van der Waals surface area contributed by atoms with E-state index in [9.17, 15) is 8.42 Å². The molecule has 26 heavy (non-hydrogen) atoms. The summed E-state index contributed by atoms with van der Waals surface area (Å²) in [5, 5.41) is 0. The summed E-state index contributed by atoms with van der Waals surface area (Å²) in [6, 6.07) is 12.4. The van der Waals surface area contributed by atoms with Crippen LogP contribution in [0.3, 0.4) is 0 Å². The predicted octanol–water partition coefficient (Wildman–Crippen LogP) is 3.03. The smallest absolute Gasteiger partial charge is 0.240 e. The second-order valence-corrected chi connectivity index (χ2v) is 8.08. The fourth-order valence-electron chi connectivity index (χ4n) is 2.69. The highest BCUT2D eigenvalue weighted by Gasteiger charge is 2.13. The van der Waals surface area contributed by atoms with Crippen molar-refractivity contribution in [2.24, 2.45) is 0 Å². The molecule has 2 heterocycles. The molecule has 0 aliphatic rings. The van der Waals surface area contributed by atoms with Crippen molar-refractivity contribution in [3.8, 4) is 5.75 Å². The van der Waals surface area contributed by atoms with E-state index in [2.05, 4.69) is 9.71 Å². The molecule has 0 fully saturated rings. The Labute approximate surface area is 153 Å². The first-order valence-electron chi connectivity index (χ1n) is 8.63. The van der Waals surface area contributed by atoms with Gasteiger partial charge in [-0.15, -0.1) is 0 Å². The summed E-state index contributed by atoms with van der Waals surface area (Å²) in [6.45, 7) is 4.21. The minimum Gasteiger partial charge on any atom is -0.491 e. The van der Waals surface area contributed by atoms with Gasteiger partial charge in [0.15, 0.2) is 0 Å². The van der Waals surface area contributed by atoms with E-state index in [0.717, 1.165) is 11.3 Å². The summed E-state index contributed by atoms with van der Waals surface area (Å²) in [5.74, 6) is 1.58. The van der Waals surface area contributed by atoms with Gasteiger partial charge in [-0.2, -0.15) is 0 Å². The van der Waals surface area contributed by atoms with Crippen LogP contribution in [-0.4, -0.2) is 30.5 Å². The maximum absolute atomic E-state index is 12.4. The largest absolute Gasteiger partial charge is 0.491 e. The summed E-state index contributed by atoms with van der Waals surface area (Å²) in [6.07, 6.45) is 5.20. The predicted molar refractivity (Wildman–Crippen MR) is 101 cm³/mol. The van der Waals surface area contributed by atoms with Crippen LogP contribution in [0.2, 0.25) is 0 Å². The molecule has 0 saturated carbocycles. The van der Waals surface area contributed by atoms with Gasteiger partial charge in [-0.1, -0.05) is 6.07 Å². The van der Waals surface area contributed by atoms with Gasteiger partial charge in [-0.05, 0) is 56.7 Å². The van der Waals surface area contributed by atoms with E-state index in [1.165, 1.54) is 0 Å². The zero-order valence-electron chi connectivity index (χ0n) is 14.9. The van der Waals surface area contributed by atoms with Crippen molar-refractivity contribution < 1.29 is 13.2 Å². The minimum absolute atomic E-state index is 0.0503. The van der Waals surface area contributed by atoms with Gasteiger partial charge in [0.1, 0.15) is 11.6 Å². The topological polar surface area (TPSA) is 72.7 Å². The number of pyridine rings is 1. The average Bonchev–Trinajstić information content (AvgIpc) is 3.02. The van der Waals surface area contributed by atoms with Crippen LogP contribution in [-0.2, 0) is 16.4 Å². The van der Waals surface area contributed by atoms with E-state index in [-0.39, 0.29) is 11.0 Å². The quantitative estimate of drug-likeness (QED) is 0.616. The number of nitrogens with one attached hydrogen (secondary N) is 1. The molecule has 2 aromatic heterocycles. The third-order valence-corrected chi connectivity index (χ3v) is 5.37. The maximum Gasteiger partial charge on any atom is 0.240 e. The van der Waals surface area contributed by atoms with Crippen LogP contribution in [0.4, 0.5) is 0 Å². The monoisotopic (exact) mass is 373 g/mol. The van der Waals surface area contributed by atoms with E-state index in [0.29, 0.717) is 25.1 Å². The average molecular weight is 373 g/mol. The van der Waals surface area contributed by atoms with Crippen molar-refractivity contribution in [1.29, 1.82) is 0 Å². The SMILES string of the molecule is CC(C)Oc1ccc(S(=O)(=O)NCCCc2ncc3ccccn23)cc1. The second kappa shape index (κ2) is 7.88. The van der Waals surface area contributed by atoms with E-state index in [1.807, 2.05) is 48.8 Å². The Morgan fingerprint density at radius 3 is 2.65 bits per heavy atom. The second-order valence-electron chi connectivity index (χ2n) is 6.31. The van der Waals surface area contributed by atoms with Crippen molar-refractivity contribution in [2.75, 3.05) is 6.54 Å². The lowest BCUT2D eigenvalue weighted by molar-refractivity contribution is 0.242. The van der Waals surface area contributed by atoms with Crippen LogP contribution in [0.25, 0.3) is 5.52 Å². The first-order valence-corrected chi connectivity index (χ1v) is 10.1. The highest BCUT2D eigenvalue weighted by molar-refractivity contribution is 7.89. The van der Waals surface area contributed by atoms with Crippen LogP contribution < -0.4 is 9.46 Å². The number of hydrogen-bond acceptors (Lipinski definition) is 4. The first-order chi connectivity index (χ1) is 12.5. The van der Waals surface area contributed by atoms with Crippen molar-refractivity contribution in [3.63, 3.8) is 0 Å². The molecular weight excluding hydrogens is 350 g/mol. The van der Waals surface area contributed by atoms with Crippen LogP contribution in [0.5, 0.6) is 5.75 Å².